The maximum Gasteiger partial charge on any atom is 0.433 e. The average molecular weight is 382 g/mol. The molecule has 0 unspecified atom stereocenters. The highest BCUT2D eigenvalue weighted by Crippen LogP contribution is 2.45. The third-order valence-electron chi connectivity index (χ3n) is 3.22. The number of aromatic nitrogens is 2. The summed E-state index contributed by atoms with van der Waals surface area (Å²) in [7, 11) is 0.801. The van der Waals surface area contributed by atoms with E-state index in [1.165, 1.54) is 6.07 Å². The number of rotatable bonds is 3. The summed E-state index contributed by atoms with van der Waals surface area (Å²) in [5.41, 5.74) is -4.56. The van der Waals surface area contributed by atoms with Gasteiger partial charge in [0, 0.05) is 12.6 Å². The molecule has 0 fully saturated rings. The standard InChI is InChI=1S/C15H10ClF6N3/c1-3-6-23-10-7-8(4-5-9(10)16)12-11(14(17,18)19)13(15(20,21)22)25(2)24-12/h1,4-5,7,23H,6H2,2H3. The number of aryl methyl sites for hydroxylation is 1. The zero-order chi connectivity index (χ0) is 19.0. The van der Waals surface area contributed by atoms with Crippen molar-refractivity contribution in [2.75, 3.05) is 11.9 Å². The van der Waals surface area contributed by atoms with Crippen LogP contribution in [-0.4, -0.2) is 16.3 Å². The van der Waals surface area contributed by atoms with Crippen LogP contribution in [0.3, 0.4) is 0 Å². The third kappa shape index (κ3) is 3.85. The molecule has 0 aliphatic heterocycles. The van der Waals surface area contributed by atoms with E-state index in [4.69, 9.17) is 18.0 Å². The van der Waals surface area contributed by atoms with E-state index in [-0.39, 0.29) is 27.5 Å². The zero-order valence-electron chi connectivity index (χ0n) is 12.6. The molecule has 0 saturated heterocycles. The van der Waals surface area contributed by atoms with E-state index in [1.807, 2.05) is 0 Å². The monoisotopic (exact) mass is 381 g/mol. The molecule has 3 nitrogen and oxygen atoms in total. The number of terminal acetylenes is 1. The van der Waals surface area contributed by atoms with E-state index in [0.717, 1.165) is 19.2 Å². The fourth-order valence-electron chi connectivity index (χ4n) is 2.27. The summed E-state index contributed by atoms with van der Waals surface area (Å²) in [6.07, 6.45) is -5.39. The number of halogens is 7. The molecular formula is C15H10ClF6N3. The van der Waals surface area contributed by atoms with Crippen LogP contribution in [0.5, 0.6) is 0 Å². The van der Waals surface area contributed by atoms with Gasteiger partial charge in [0.15, 0.2) is 5.69 Å². The molecule has 1 heterocycles. The fourth-order valence-corrected chi connectivity index (χ4v) is 2.46. The lowest BCUT2D eigenvalue weighted by molar-refractivity contribution is -0.165. The summed E-state index contributed by atoms with van der Waals surface area (Å²) < 4.78 is 79.3. The minimum Gasteiger partial charge on any atom is -0.373 e. The first kappa shape index (κ1) is 19.0. The normalized spacial score (nSPS) is 12.1. The van der Waals surface area contributed by atoms with E-state index < -0.39 is 29.3 Å². The van der Waals surface area contributed by atoms with Crippen molar-refractivity contribution < 1.29 is 26.3 Å². The van der Waals surface area contributed by atoms with Crippen LogP contribution in [0.1, 0.15) is 11.3 Å². The summed E-state index contributed by atoms with van der Waals surface area (Å²) in [6.45, 7) is 0.0331. The Bertz CT molecular complexity index is 830. The predicted molar refractivity (Wildman–Crippen MR) is 81.0 cm³/mol. The molecule has 0 atom stereocenters. The van der Waals surface area contributed by atoms with Crippen molar-refractivity contribution in [2.45, 2.75) is 12.4 Å². The smallest absolute Gasteiger partial charge is 0.373 e. The maximum atomic E-state index is 13.3. The molecule has 2 rings (SSSR count). The lowest BCUT2D eigenvalue weighted by Gasteiger charge is -2.13. The SMILES string of the molecule is C#CCNc1cc(-c2nn(C)c(C(F)(F)F)c2C(F)(F)F)ccc1Cl. The third-order valence-corrected chi connectivity index (χ3v) is 3.55. The predicted octanol–water partition coefficient (Wildman–Crippen LogP) is 4.82. The molecular weight excluding hydrogens is 372 g/mol. The topological polar surface area (TPSA) is 29.9 Å². The van der Waals surface area contributed by atoms with Crippen molar-refractivity contribution in [1.29, 1.82) is 0 Å². The van der Waals surface area contributed by atoms with Gasteiger partial charge in [0.05, 0.1) is 17.3 Å². The largest absolute Gasteiger partial charge is 0.433 e. The summed E-state index contributed by atoms with van der Waals surface area (Å²) in [5.74, 6) is 2.25. The second kappa shape index (κ2) is 6.52. The minimum absolute atomic E-state index is 0.0331. The van der Waals surface area contributed by atoms with E-state index in [2.05, 4.69) is 16.3 Å². The Kier molecular flexibility index (Phi) is 4.95. The van der Waals surface area contributed by atoms with Gasteiger partial charge < -0.3 is 5.32 Å². The van der Waals surface area contributed by atoms with Crippen LogP contribution in [0.15, 0.2) is 18.2 Å². The number of nitrogens with one attached hydrogen (secondary N) is 1. The van der Waals surface area contributed by atoms with Gasteiger partial charge in [-0.25, -0.2) is 0 Å². The Morgan fingerprint density at radius 3 is 2.36 bits per heavy atom. The molecule has 0 amide bonds. The van der Waals surface area contributed by atoms with Crippen LogP contribution >= 0.6 is 11.6 Å². The van der Waals surface area contributed by atoms with Gasteiger partial charge in [0.2, 0.25) is 0 Å². The molecule has 0 saturated carbocycles. The summed E-state index contributed by atoms with van der Waals surface area (Å²) in [5, 5.41) is 6.26. The Labute approximate surface area is 143 Å². The van der Waals surface area contributed by atoms with Crippen LogP contribution in [0.25, 0.3) is 11.3 Å². The van der Waals surface area contributed by atoms with Crippen LogP contribution in [0.2, 0.25) is 5.02 Å². The van der Waals surface area contributed by atoms with Crippen molar-refractivity contribution >= 4 is 17.3 Å². The number of nitrogens with zero attached hydrogens (tertiary/aromatic N) is 2. The van der Waals surface area contributed by atoms with Crippen LogP contribution in [-0.2, 0) is 19.4 Å². The Morgan fingerprint density at radius 2 is 1.84 bits per heavy atom. The molecule has 2 aromatic rings. The Balaban J connectivity index is 2.71. The summed E-state index contributed by atoms with van der Waals surface area (Å²) in [6, 6.07) is 3.57. The van der Waals surface area contributed by atoms with Gasteiger partial charge in [-0.05, 0) is 12.1 Å². The van der Waals surface area contributed by atoms with Gasteiger partial charge in [-0.3, -0.25) is 4.68 Å². The van der Waals surface area contributed by atoms with Crippen LogP contribution < -0.4 is 5.32 Å². The molecule has 1 aromatic heterocycles. The minimum atomic E-state index is -5.25. The van der Waals surface area contributed by atoms with Gasteiger partial charge >= 0.3 is 12.4 Å². The second-order valence-electron chi connectivity index (χ2n) is 4.94. The number of anilines is 1. The highest BCUT2D eigenvalue weighted by Gasteiger charge is 2.49. The Hall–Kier alpha value is -2.34. The van der Waals surface area contributed by atoms with Gasteiger partial charge in [-0.2, -0.15) is 31.4 Å². The van der Waals surface area contributed by atoms with E-state index in [0.29, 0.717) is 0 Å². The van der Waals surface area contributed by atoms with Gasteiger partial charge in [0.25, 0.3) is 0 Å². The first-order valence-corrected chi connectivity index (χ1v) is 7.03. The second-order valence-corrected chi connectivity index (χ2v) is 5.35. The molecule has 0 radical (unpaired) electrons. The highest BCUT2D eigenvalue weighted by atomic mass is 35.5. The van der Waals surface area contributed by atoms with Crippen molar-refractivity contribution in [3.8, 4) is 23.6 Å². The van der Waals surface area contributed by atoms with Crippen molar-refractivity contribution in [1.82, 2.24) is 9.78 Å². The van der Waals surface area contributed by atoms with Crippen molar-refractivity contribution in [2.24, 2.45) is 7.05 Å². The van der Waals surface area contributed by atoms with Crippen LogP contribution in [0.4, 0.5) is 32.0 Å². The molecule has 0 aliphatic carbocycles. The fraction of sp³-hybridized carbons (Fsp3) is 0.267. The van der Waals surface area contributed by atoms with E-state index >= 15 is 0 Å². The summed E-state index contributed by atoms with van der Waals surface area (Å²) >= 11 is 5.90. The molecule has 25 heavy (non-hydrogen) atoms. The van der Waals surface area contributed by atoms with E-state index in [1.54, 1.807) is 0 Å². The van der Waals surface area contributed by atoms with Gasteiger partial charge in [-0.15, -0.1) is 6.42 Å². The first-order valence-electron chi connectivity index (χ1n) is 6.65. The molecule has 1 aromatic carbocycles. The van der Waals surface area contributed by atoms with E-state index in [9.17, 15) is 26.3 Å². The number of hydrogen-bond acceptors (Lipinski definition) is 2. The molecule has 1 N–H and O–H groups in total. The van der Waals surface area contributed by atoms with Crippen molar-refractivity contribution in [3.63, 3.8) is 0 Å². The average Bonchev–Trinajstić information content (AvgIpc) is 2.84. The lowest BCUT2D eigenvalue weighted by atomic mass is 10.0. The summed E-state index contributed by atoms with van der Waals surface area (Å²) in [4.78, 5) is 0. The molecule has 134 valence electrons. The molecule has 10 heteroatoms. The maximum absolute atomic E-state index is 13.3. The highest BCUT2D eigenvalue weighted by molar-refractivity contribution is 6.33. The molecule has 0 aliphatic rings. The molecule has 0 bridgehead atoms. The van der Waals surface area contributed by atoms with Crippen molar-refractivity contribution in [3.05, 3.63) is 34.5 Å². The first-order chi connectivity index (χ1) is 11.5. The number of benzene rings is 1. The van der Waals surface area contributed by atoms with Gasteiger partial charge in [-0.1, -0.05) is 23.6 Å². The number of alkyl halides is 6. The quantitative estimate of drug-likeness (QED) is 0.610. The Morgan fingerprint density at radius 1 is 1.20 bits per heavy atom. The lowest BCUT2D eigenvalue weighted by Crippen LogP contribution is -2.18. The molecule has 0 spiro atoms. The van der Waals surface area contributed by atoms with Gasteiger partial charge in [0.1, 0.15) is 11.3 Å². The van der Waals surface area contributed by atoms with Crippen LogP contribution in [0, 0.1) is 12.3 Å². The zero-order valence-corrected chi connectivity index (χ0v) is 13.3. The number of hydrogen-bond donors (Lipinski definition) is 1.